The molecule has 0 fully saturated rings. The molecule has 1 N–H and O–H groups in total. The van der Waals surface area contributed by atoms with Crippen LogP contribution in [0.2, 0.25) is 10.0 Å². The molecule has 0 radical (unpaired) electrons. The van der Waals surface area contributed by atoms with Crippen LogP contribution in [0.3, 0.4) is 0 Å². The summed E-state index contributed by atoms with van der Waals surface area (Å²) in [5.74, 6) is -0.850. The average molecular weight is 577 g/mol. The van der Waals surface area contributed by atoms with Crippen LogP contribution < -0.4 is 9.62 Å². The molecule has 0 saturated heterocycles. The molecule has 1 atom stereocenters. The van der Waals surface area contributed by atoms with Gasteiger partial charge in [0.1, 0.15) is 12.6 Å². The topological polar surface area (TPSA) is 86.8 Å². The third kappa shape index (κ3) is 7.28. The van der Waals surface area contributed by atoms with E-state index in [-0.39, 0.29) is 23.0 Å². The van der Waals surface area contributed by atoms with Crippen molar-refractivity contribution in [2.75, 3.05) is 17.4 Å². The number of carbonyl (C=O) groups excluding carboxylic acids is 2. The standard InChI is InChI=1S/C28H31Cl2N3O4S/c1-3-18-31-28(35)26(4-2)32(19-21-10-8-9-13-25(21)30)27(34)20-33(23-16-14-22(29)15-17-23)38(36,37)24-11-6-5-7-12-24/h5-17,26H,3-4,18-20H2,1-2H3,(H,31,35). The van der Waals surface area contributed by atoms with Gasteiger partial charge in [0.05, 0.1) is 10.6 Å². The number of hydrogen-bond acceptors (Lipinski definition) is 4. The molecule has 3 rings (SSSR count). The number of rotatable bonds is 12. The Kier molecular flexibility index (Phi) is 10.6. The first-order chi connectivity index (χ1) is 18.2. The van der Waals surface area contributed by atoms with E-state index >= 15 is 0 Å². The molecule has 3 aromatic rings. The zero-order valence-corrected chi connectivity index (χ0v) is 23.6. The summed E-state index contributed by atoms with van der Waals surface area (Å²) in [6, 6.07) is 20.3. The van der Waals surface area contributed by atoms with Crippen LogP contribution in [-0.4, -0.2) is 44.3 Å². The highest BCUT2D eigenvalue weighted by Crippen LogP contribution is 2.26. The lowest BCUT2D eigenvalue weighted by molar-refractivity contribution is -0.140. The van der Waals surface area contributed by atoms with E-state index in [2.05, 4.69) is 5.32 Å². The van der Waals surface area contributed by atoms with Gasteiger partial charge < -0.3 is 10.2 Å². The van der Waals surface area contributed by atoms with Crippen molar-refractivity contribution in [1.82, 2.24) is 10.2 Å². The van der Waals surface area contributed by atoms with Crippen molar-refractivity contribution >= 4 is 50.7 Å². The minimum absolute atomic E-state index is 0.0353. The molecule has 0 aliphatic carbocycles. The second kappa shape index (κ2) is 13.6. The molecule has 10 heteroatoms. The summed E-state index contributed by atoms with van der Waals surface area (Å²) in [6.45, 7) is 3.72. The molecule has 3 aromatic carbocycles. The number of amides is 2. The van der Waals surface area contributed by atoms with Gasteiger partial charge in [-0.25, -0.2) is 8.42 Å². The van der Waals surface area contributed by atoms with Gasteiger partial charge >= 0.3 is 0 Å². The molecule has 0 bridgehead atoms. The molecule has 0 aliphatic heterocycles. The zero-order chi connectivity index (χ0) is 27.7. The number of hydrogen-bond donors (Lipinski definition) is 1. The Morgan fingerprint density at radius 3 is 2.13 bits per heavy atom. The van der Waals surface area contributed by atoms with E-state index in [9.17, 15) is 18.0 Å². The number of benzene rings is 3. The predicted octanol–water partition coefficient (Wildman–Crippen LogP) is 5.52. The van der Waals surface area contributed by atoms with E-state index in [4.69, 9.17) is 23.2 Å². The molecule has 0 aromatic heterocycles. The minimum Gasteiger partial charge on any atom is -0.354 e. The third-order valence-electron chi connectivity index (χ3n) is 5.96. The first-order valence-corrected chi connectivity index (χ1v) is 14.5. The molecular formula is C28H31Cl2N3O4S. The first-order valence-electron chi connectivity index (χ1n) is 12.3. The van der Waals surface area contributed by atoms with Crippen molar-refractivity contribution in [2.45, 2.75) is 44.2 Å². The van der Waals surface area contributed by atoms with Crippen molar-refractivity contribution in [3.63, 3.8) is 0 Å². The fraction of sp³-hybridized carbons (Fsp3) is 0.286. The van der Waals surface area contributed by atoms with Crippen molar-refractivity contribution in [3.8, 4) is 0 Å². The quantitative estimate of drug-likeness (QED) is 0.308. The highest BCUT2D eigenvalue weighted by molar-refractivity contribution is 7.92. The van der Waals surface area contributed by atoms with Crippen LogP contribution in [0.5, 0.6) is 0 Å². The van der Waals surface area contributed by atoms with E-state index in [0.717, 1.165) is 10.7 Å². The van der Waals surface area contributed by atoms with Gasteiger partial charge in [0.25, 0.3) is 10.0 Å². The molecule has 0 aliphatic rings. The average Bonchev–Trinajstić information content (AvgIpc) is 2.92. The third-order valence-corrected chi connectivity index (χ3v) is 8.37. The second-order valence-corrected chi connectivity index (χ2v) is 11.3. The Bertz CT molecular complexity index is 1340. The van der Waals surface area contributed by atoms with E-state index in [1.54, 1.807) is 73.7 Å². The van der Waals surface area contributed by atoms with Crippen LogP contribution >= 0.6 is 23.2 Å². The maximum atomic E-state index is 13.9. The number of halogens is 2. The summed E-state index contributed by atoms with van der Waals surface area (Å²) in [7, 11) is -4.13. The molecule has 1 unspecified atom stereocenters. The Morgan fingerprint density at radius 2 is 1.53 bits per heavy atom. The summed E-state index contributed by atoms with van der Waals surface area (Å²) >= 11 is 12.4. The lowest BCUT2D eigenvalue weighted by Crippen LogP contribution is -2.52. The van der Waals surface area contributed by atoms with Gasteiger partial charge in [-0.3, -0.25) is 13.9 Å². The number of nitrogens with zero attached hydrogens (tertiary/aromatic N) is 2. The molecule has 38 heavy (non-hydrogen) atoms. The highest BCUT2D eigenvalue weighted by Gasteiger charge is 2.33. The van der Waals surface area contributed by atoms with Crippen molar-refractivity contribution in [1.29, 1.82) is 0 Å². The van der Waals surface area contributed by atoms with Gasteiger partial charge in [-0.1, -0.05) is 73.4 Å². The number of carbonyl (C=O) groups is 2. The molecule has 202 valence electrons. The molecular weight excluding hydrogens is 545 g/mol. The van der Waals surface area contributed by atoms with Crippen molar-refractivity contribution in [2.24, 2.45) is 0 Å². The van der Waals surface area contributed by atoms with E-state index in [1.165, 1.54) is 17.0 Å². The van der Waals surface area contributed by atoms with Crippen molar-refractivity contribution < 1.29 is 18.0 Å². The van der Waals surface area contributed by atoms with Crippen LogP contribution in [0.15, 0.2) is 83.8 Å². The summed E-state index contributed by atoms with van der Waals surface area (Å²) in [5.41, 5.74) is 0.918. The monoisotopic (exact) mass is 575 g/mol. The summed E-state index contributed by atoms with van der Waals surface area (Å²) in [4.78, 5) is 28.5. The van der Waals surface area contributed by atoms with Crippen LogP contribution in [0.4, 0.5) is 5.69 Å². The summed E-state index contributed by atoms with van der Waals surface area (Å²) in [6.07, 6.45) is 1.07. The number of nitrogens with one attached hydrogen (secondary N) is 1. The second-order valence-electron chi connectivity index (χ2n) is 8.63. The molecule has 2 amide bonds. The zero-order valence-electron chi connectivity index (χ0n) is 21.3. The van der Waals surface area contributed by atoms with Crippen LogP contribution in [0.25, 0.3) is 0 Å². The van der Waals surface area contributed by atoms with Gasteiger partial charge in [-0.2, -0.15) is 0 Å². The predicted molar refractivity (Wildman–Crippen MR) is 152 cm³/mol. The fourth-order valence-electron chi connectivity index (χ4n) is 3.95. The first kappa shape index (κ1) is 29.5. The van der Waals surface area contributed by atoms with E-state index in [1.807, 2.05) is 6.92 Å². The SMILES string of the molecule is CCCNC(=O)C(CC)N(Cc1ccccc1Cl)C(=O)CN(c1ccc(Cl)cc1)S(=O)(=O)c1ccccc1. The summed E-state index contributed by atoms with van der Waals surface area (Å²) < 4.78 is 28.5. The van der Waals surface area contributed by atoms with Gasteiger partial charge in [0.15, 0.2) is 0 Å². The fourth-order valence-corrected chi connectivity index (χ4v) is 5.71. The molecule has 7 nitrogen and oxygen atoms in total. The maximum absolute atomic E-state index is 13.9. The summed E-state index contributed by atoms with van der Waals surface area (Å²) in [5, 5.41) is 3.73. The number of sulfonamides is 1. The highest BCUT2D eigenvalue weighted by atomic mass is 35.5. The Hall–Kier alpha value is -3.07. The Morgan fingerprint density at radius 1 is 0.895 bits per heavy atom. The van der Waals surface area contributed by atoms with Crippen molar-refractivity contribution in [3.05, 3.63) is 94.5 Å². The van der Waals surface area contributed by atoms with Gasteiger partial charge in [0, 0.05) is 23.1 Å². The largest absolute Gasteiger partial charge is 0.354 e. The number of anilines is 1. The van der Waals surface area contributed by atoms with Crippen LogP contribution in [-0.2, 0) is 26.2 Å². The minimum atomic E-state index is -4.13. The smallest absolute Gasteiger partial charge is 0.264 e. The maximum Gasteiger partial charge on any atom is 0.264 e. The van der Waals surface area contributed by atoms with Gasteiger partial charge in [-0.15, -0.1) is 0 Å². The lowest BCUT2D eigenvalue weighted by atomic mass is 10.1. The Labute approximate surface area is 234 Å². The normalized spacial score (nSPS) is 12.0. The molecule has 0 saturated carbocycles. The van der Waals surface area contributed by atoms with Crippen LogP contribution in [0.1, 0.15) is 32.3 Å². The van der Waals surface area contributed by atoms with Gasteiger partial charge in [0.2, 0.25) is 11.8 Å². The van der Waals surface area contributed by atoms with Gasteiger partial charge in [-0.05, 0) is 60.9 Å². The van der Waals surface area contributed by atoms with Crippen LogP contribution in [0, 0.1) is 0 Å². The van der Waals surface area contributed by atoms with E-state index in [0.29, 0.717) is 28.6 Å². The van der Waals surface area contributed by atoms with E-state index < -0.39 is 28.5 Å². The molecule has 0 heterocycles. The molecule has 0 spiro atoms. The lowest BCUT2D eigenvalue weighted by Gasteiger charge is -2.33. The Balaban J connectivity index is 2.04.